The molecule has 0 aliphatic carbocycles. The molecular formula is C13H17N3O2. The third kappa shape index (κ3) is 3.30. The van der Waals surface area contributed by atoms with Gasteiger partial charge in [0, 0.05) is 0 Å². The highest BCUT2D eigenvalue weighted by molar-refractivity contribution is 5.28. The summed E-state index contributed by atoms with van der Waals surface area (Å²) >= 11 is 0. The Morgan fingerprint density at radius 1 is 1.28 bits per heavy atom. The summed E-state index contributed by atoms with van der Waals surface area (Å²) in [6, 6.07) is 7.83. The summed E-state index contributed by atoms with van der Waals surface area (Å²) in [5.74, 6) is 2.17. The van der Waals surface area contributed by atoms with Gasteiger partial charge in [0.25, 0.3) is 0 Å². The van der Waals surface area contributed by atoms with E-state index in [2.05, 4.69) is 15.5 Å². The van der Waals surface area contributed by atoms with Crippen LogP contribution in [-0.2, 0) is 13.0 Å². The van der Waals surface area contributed by atoms with E-state index in [9.17, 15) is 0 Å². The molecule has 1 aromatic heterocycles. The van der Waals surface area contributed by atoms with Gasteiger partial charge in [-0.3, -0.25) is 0 Å². The molecule has 0 spiro atoms. The van der Waals surface area contributed by atoms with Crippen LogP contribution < -0.4 is 10.1 Å². The van der Waals surface area contributed by atoms with Crippen LogP contribution in [0.1, 0.15) is 24.2 Å². The van der Waals surface area contributed by atoms with E-state index in [1.807, 2.05) is 31.2 Å². The predicted octanol–water partition coefficient (Wildman–Crippen LogP) is 1.78. The molecule has 2 aromatic rings. The molecule has 0 fully saturated rings. The van der Waals surface area contributed by atoms with E-state index in [1.54, 1.807) is 7.11 Å². The van der Waals surface area contributed by atoms with Gasteiger partial charge < -0.3 is 14.6 Å². The zero-order valence-corrected chi connectivity index (χ0v) is 10.6. The van der Waals surface area contributed by atoms with Crippen molar-refractivity contribution in [2.24, 2.45) is 0 Å². The second-order valence-electron chi connectivity index (χ2n) is 3.91. The van der Waals surface area contributed by atoms with Gasteiger partial charge in [0.2, 0.25) is 5.89 Å². The lowest BCUT2D eigenvalue weighted by Crippen LogP contribution is -2.12. The summed E-state index contributed by atoms with van der Waals surface area (Å²) in [5.41, 5.74) is 1.12. The number of hydrogen-bond acceptors (Lipinski definition) is 5. The summed E-state index contributed by atoms with van der Waals surface area (Å²) in [6.07, 6.45) is 0.642. The summed E-state index contributed by atoms with van der Waals surface area (Å²) in [4.78, 5) is 4.31. The highest BCUT2D eigenvalue weighted by Gasteiger charge is 2.06. The van der Waals surface area contributed by atoms with E-state index in [4.69, 9.17) is 9.26 Å². The Hall–Kier alpha value is -1.88. The first kappa shape index (κ1) is 12.6. The third-order valence-electron chi connectivity index (χ3n) is 2.56. The fraction of sp³-hybridized carbons (Fsp3) is 0.385. The first-order chi connectivity index (χ1) is 8.81. The van der Waals surface area contributed by atoms with Gasteiger partial charge in [0.05, 0.1) is 20.1 Å². The van der Waals surface area contributed by atoms with Crippen LogP contribution >= 0.6 is 0 Å². The predicted molar refractivity (Wildman–Crippen MR) is 67.5 cm³/mol. The van der Waals surface area contributed by atoms with Crippen LogP contribution in [0.25, 0.3) is 0 Å². The maximum Gasteiger partial charge on any atom is 0.231 e. The standard InChI is InChI=1S/C13H17N3O2/c1-3-14-9-12-15-13(18-16-12)8-10-4-6-11(17-2)7-5-10/h4-7,14H,3,8-9H2,1-2H3. The van der Waals surface area contributed by atoms with Gasteiger partial charge in [-0.05, 0) is 24.2 Å². The van der Waals surface area contributed by atoms with Crippen molar-refractivity contribution in [1.82, 2.24) is 15.5 Å². The topological polar surface area (TPSA) is 60.2 Å². The van der Waals surface area contributed by atoms with Gasteiger partial charge >= 0.3 is 0 Å². The smallest absolute Gasteiger partial charge is 0.231 e. The zero-order chi connectivity index (χ0) is 12.8. The molecule has 5 heteroatoms. The monoisotopic (exact) mass is 247 g/mol. The lowest BCUT2D eigenvalue weighted by atomic mass is 10.1. The van der Waals surface area contributed by atoms with Crippen molar-refractivity contribution in [3.8, 4) is 5.75 Å². The molecule has 1 N–H and O–H groups in total. The van der Waals surface area contributed by atoms with Gasteiger partial charge in [-0.25, -0.2) is 0 Å². The SMILES string of the molecule is CCNCc1noc(Cc2ccc(OC)cc2)n1. The van der Waals surface area contributed by atoms with Gasteiger partial charge in [-0.2, -0.15) is 4.98 Å². The Kier molecular flexibility index (Phi) is 4.30. The van der Waals surface area contributed by atoms with E-state index in [1.165, 1.54) is 0 Å². The summed E-state index contributed by atoms with van der Waals surface area (Å²) < 4.78 is 10.3. The van der Waals surface area contributed by atoms with E-state index in [0.29, 0.717) is 24.7 Å². The van der Waals surface area contributed by atoms with Crippen molar-refractivity contribution < 1.29 is 9.26 Å². The molecular weight excluding hydrogens is 230 g/mol. The Balaban J connectivity index is 1.97. The maximum atomic E-state index is 5.19. The van der Waals surface area contributed by atoms with E-state index in [-0.39, 0.29) is 0 Å². The third-order valence-corrected chi connectivity index (χ3v) is 2.56. The van der Waals surface area contributed by atoms with Crippen LogP contribution in [0, 0.1) is 0 Å². The molecule has 0 amide bonds. The van der Waals surface area contributed by atoms with Gasteiger partial charge in [-0.1, -0.05) is 24.2 Å². The quantitative estimate of drug-likeness (QED) is 0.843. The van der Waals surface area contributed by atoms with Crippen molar-refractivity contribution in [3.63, 3.8) is 0 Å². The molecule has 0 saturated heterocycles. The number of ether oxygens (including phenoxy) is 1. The molecule has 5 nitrogen and oxygen atoms in total. The van der Waals surface area contributed by atoms with E-state index < -0.39 is 0 Å². The van der Waals surface area contributed by atoms with Crippen LogP contribution in [0.4, 0.5) is 0 Å². The molecule has 0 radical (unpaired) electrons. The number of rotatable bonds is 6. The molecule has 0 aliphatic heterocycles. The van der Waals surface area contributed by atoms with Crippen molar-refractivity contribution >= 4 is 0 Å². The average molecular weight is 247 g/mol. The Morgan fingerprint density at radius 3 is 2.72 bits per heavy atom. The summed E-state index contributed by atoms with van der Waals surface area (Å²) in [7, 11) is 1.65. The largest absolute Gasteiger partial charge is 0.497 e. The van der Waals surface area contributed by atoms with Crippen LogP contribution in [0.2, 0.25) is 0 Å². The molecule has 0 aliphatic rings. The van der Waals surface area contributed by atoms with Crippen LogP contribution in [0.15, 0.2) is 28.8 Å². The number of nitrogens with one attached hydrogen (secondary N) is 1. The molecule has 0 bridgehead atoms. The zero-order valence-electron chi connectivity index (χ0n) is 10.6. The Labute approximate surface area is 106 Å². The van der Waals surface area contributed by atoms with Crippen LogP contribution in [0.5, 0.6) is 5.75 Å². The molecule has 1 aromatic carbocycles. The summed E-state index contributed by atoms with van der Waals surface area (Å²) in [5, 5.41) is 7.07. The van der Waals surface area contributed by atoms with Crippen LogP contribution in [-0.4, -0.2) is 23.8 Å². The number of benzene rings is 1. The number of hydrogen-bond donors (Lipinski definition) is 1. The minimum atomic E-state index is 0.632. The minimum Gasteiger partial charge on any atom is -0.497 e. The second kappa shape index (κ2) is 6.16. The lowest BCUT2D eigenvalue weighted by Gasteiger charge is -2.00. The van der Waals surface area contributed by atoms with Crippen molar-refractivity contribution in [2.75, 3.05) is 13.7 Å². The first-order valence-electron chi connectivity index (χ1n) is 5.97. The summed E-state index contributed by atoms with van der Waals surface area (Å²) in [6.45, 7) is 3.57. The minimum absolute atomic E-state index is 0.632. The average Bonchev–Trinajstić information content (AvgIpc) is 2.85. The molecule has 2 rings (SSSR count). The van der Waals surface area contributed by atoms with Gasteiger partial charge in [0.1, 0.15) is 5.75 Å². The molecule has 0 saturated carbocycles. The van der Waals surface area contributed by atoms with Crippen molar-refractivity contribution in [1.29, 1.82) is 0 Å². The van der Waals surface area contributed by atoms with Gasteiger partial charge in [-0.15, -0.1) is 0 Å². The maximum absolute atomic E-state index is 5.19. The highest BCUT2D eigenvalue weighted by Crippen LogP contribution is 2.14. The number of aromatic nitrogens is 2. The normalized spacial score (nSPS) is 10.6. The molecule has 0 unspecified atom stereocenters. The fourth-order valence-electron chi connectivity index (χ4n) is 1.59. The fourth-order valence-corrected chi connectivity index (χ4v) is 1.59. The number of methoxy groups -OCH3 is 1. The lowest BCUT2D eigenvalue weighted by molar-refractivity contribution is 0.378. The number of nitrogens with zero attached hydrogens (tertiary/aromatic N) is 2. The molecule has 18 heavy (non-hydrogen) atoms. The molecule has 96 valence electrons. The van der Waals surface area contributed by atoms with E-state index in [0.717, 1.165) is 17.9 Å². The Bertz CT molecular complexity index is 479. The van der Waals surface area contributed by atoms with Crippen molar-refractivity contribution in [3.05, 3.63) is 41.5 Å². The van der Waals surface area contributed by atoms with Crippen LogP contribution in [0.3, 0.4) is 0 Å². The van der Waals surface area contributed by atoms with Gasteiger partial charge in [0.15, 0.2) is 5.82 Å². The van der Waals surface area contributed by atoms with E-state index >= 15 is 0 Å². The highest BCUT2D eigenvalue weighted by atomic mass is 16.5. The second-order valence-corrected chi connectivity index (χ2v) is 3.91. The Morgan fingerprint density at radius 2 is 2.06 bits per heavy atom. The van der Waals surface area contributed by atoms with Crippen molar-refractivity contribution in [2.45, 2.75) is 19.9 Å². The molecule has 1 heterocycles. The molecule has 0 atom stereocenters. The first-order valence-corrected chi connectivity index (χ1v) is 5.97.